The van der Waals surface area contributed by atoms with Gasteiger partial charge in [-0.15, -0.1) is 0 Å². The fourth-order valence-electron chi connectivity index (χ4n) is 1.42. The van der Waals surface area contributed by atoms with Crippen molar-refractivity contribution in [1.82, 2.24) is 0 Å². The fraction of sp³-hybridized carbons (Fsp3) is 0.625. The summed E-state index contributed by atoms with van der Waals surface area (Å²) in [7, 11) is 0. The molecule has 2 nitrogen and oxygen atoms in total. The van der Waals surface area contributed by atoms with Crippen LogP contribution in [0.5, 0.6) is 0 Å². The van der Waals surface area contributed by atoms with E-state index in [1.54, 1.807) is 0 Å². The number of aliphatic imine (C=N–C) groups is 1. The molecule has 0 aromatic carbocycles. The van der Waals surface area contributed by atoms with Gasteiger partial charge in [0.25, 0.3) is 0 Å². The molecule has 0 radical (unpaired) electrons. The van der Waals surface area contributed by atoms with Gasteiger partial charge in [-0.05, 0) is 31.4 Å². The highest BCUT2D eigenvalue weighted by Gasteiger charge is 2.17. The van der Waals surface area contributed by atoms with Gasteiger partial charge in [-0.2, -0.15) is 0 Å². The number of hydrogen-bond acceptors (Lipinski definition) is 2. The molecule has 1 unspecified atom stereocenters. The molecule has 2 heteroatoms. The summed E-state index contributed by atoms with van der Waals surface area (Å²) >= 11 is 0. The fourth-order valence-corrected chi connectivity index (χ4v) is 1.42. The van der Waals surface area contributed by atoms with Crippen molar-refractivity contribution < 1.29 is 0 Å². The van der Waals surface area contributed by atoms with Crippen molar-refractivity contribution in [1.29, 1.82) is 0 Å². The summed E-state index contributed by atoms with van der Waals surface area (Å²) in [5.74, 6) is 0.726. The summed E-state index contributed by atoms with van der Waals surface area (Å²) in [5.41, 5.74) is 8.20. The number of nitrogens with zero attached hydrogens (tertiary/aromatic N) is 1. The monoisotopic (exact) mass is 138 g/mol. The van der Waals surface area contributed by atoms with E-state index in [1.807, 2.05) is 6.92 Å². The van der Waals surface area contributed by atoms with Gasteiger partial charge in [0.15, 0.2) is 0 Å². The molecule has 0 aromatic rings. The van der Waals surface area contributed by atoms with E-state index in [0.717, 1.165) is 12.3 Å². The van der Waals surface area contributed by atoms with Crippen molar-refractivity contribution in [3.63, 3.8) is 0 Å². The first kappa shape index (κ1) is 7.32. The summed E-state index contributed by atoms with van der Waals surface area (Å²) < 4.78 is 0. The molecule has 10 heavy (non-hydrogen) atoms. The first-order chi connectivity index (χ1) is 4.66. The summed E-state index contributed by atoms with van der Waals surface area (Å²) in [6.45, 7) is 6.27. The molecule has 1 rings (SSSR count). The molecule has 0 bridgehead atoms. The van der Waals surface area contributed by atoms with E-state index < -0.39 is 0 Å². The third-order valence-corrected chi connectivity index (χ3v) is 2.08. The minimum absolute atomic E-state index is 0.324. The van der Waals surface area contributed by atoms with Crippen LogP contribution in [0.3, 0.4) is 0 Å². The van der Waals surface area contributed by atoms with Crippen LogP contribution in [-0.4, -0.2) is 11.9 Å². The number of amidine groups is 1. The predicted molar refractivity (Wildman–Crippen MR) is 44.1 cm³/mol. The van der Waals surface area contributed by atoms with Gasteiger partial charge in [0.2, 0.25) is 0 Å². The van der Waals surface area contributed by atoms with Crippen LogP contribution in [0.25, 0.3) is 0 Å². The van der Waals surface area contributed by atoms with Crippen LogP contribution in [0.4, 0.5) is 0 Å². The maximum Gasteiger partial charge on any atom is 0.121 e. The Morgan fingerprint density at radius 2 is 2.20 bits per heavy atom. The Balaban J connectivity index is 2.92. The molecule has 0 saturated carbocycles. The van der Waals surface area contributed by atoms with Crippen LogP contribution in [0.15, 0.2) is 16.1 Å². The van der Waals surface area contributed by atoms with E-state index in [2.05, 4.69) is 18.8 Å². The van der Waals surface area contributed by atoms with Crippen LogP contribution < -0.4 is 5.73 Å². The Bertz CT molecular complexity index is 201. The molecular formula is C8H14N2. The molecule has 56 valence electrons. The quantitative estimate of drug-likeness (QED) is 0.585. The molecule has 0 spiro atoms. The van der Waals surface area contributed by atoms with E-state index in [-0.39, 0.29) is 0 Å². The second-order valence-electron chi connectivity index (χ2n) is 2.69. The normalized spacial score (nSPS) is 25.5. The third kappa shape index (κ3) is 0.939. The Hall–Kier alpha value is -0.790. The van der Waals surface area contributed by atoms with Crippen molar-refractivity contribution in [2.24, 2.45) is 10.7 Å². The van der Waals surface area contributed by atoms with Crippen LogP contribution in [0.2, 0.25) is 0 Å². The minimum atomic E-state index is 0.324. The van der Waals surface area contributed by atoms with Gasteiger partial charge in [0.05, 0.1) is 6.04 Å². The molecule has 0 aliphatic carbocycles. The Morgan fingerprint density at radius 1 is 1.60 bits per heavy atom. The largest absolute Gasteiger partial charge is 0.384 e. The summed E-state index contributed by atoms with van der Waals surface area (Å²) in [6.07, 6.45) is 1.07. The maximum absolute atomic E-state index is 5.63. The maximum atomic E-state index is 5.63. The van der Waals surface area contributed by atoms with Crippen LogP contribution in [0, 0.1) is 0 Å². The topological polar surface area (TPSA) is 38.4 Å². The van der Waals surface area contributed by atoms with Crippen molar-refractivity contribution in [2.45, 2.75) is 33.2 Å². The lowest BCUT2D eigenvalue weighted by Crippen LogP contribution is -2.09. The van der Waals surface area contributed by atoms with E-state index in [1.165, 1.54) is 11.1 Å². The number of hydrogen-bond donors (Lipinski definition) is 1. The lowest BCUT2D eigenvalue weighted by molar-refractivity contribution is 0.830. The van der Waals surface area contributed by atoms with Crippen molar-refractivity contribution >= 4 is 5.84 Å². The SMILES string of the molecule is CCC1=C(C)C(N)=NC1C. The highest BCUT2D eigenvalue weighted by Crippen LogP contribution is 2.21. The van der Waals surface area contributed by atoms with E-state index in [0.29, 0.717) is 6.04 Å². The van der Waals surface area contributed by atoms with Crippen LogP contribution >= 0.6 is 0 Å². The summed E-state index contributed by atoms with van der Waals surface area (Å²) in [4.78, 5) is 4.24. The molecular weight excluding hydrogens is 124 g/mol. The first-order valence-electron chi connectivity index (χ1n) is 3.70. The van der Waals surface area contributed by atoms with Crippen LogP contribution in [0.1, 0.15) is 27.2 Å². The van der Waals surface area contributed by atoms with Crippen LogP contribution in [-0.2, 0) is 0 Å². The zero-order valence-electron chi connectivity index (χ0n) is 6.81. The van der Waals surface area contributed by atoms with Gasteiger partial charge in [-0.1, -0.05) is 6.92 Å². The predicted octanol–water partition coefficient (Wildman–Crippen LogP) is 1.47. The zero-order valence-corrected chi connectivity index (χ0v) is 6.81. The molecule has 1 aliphatic heterocycles. The molecule has 0 fully saturated rings. The third-order valence-electron chi connectivity index (χ3n) is 2.08. The van der Waals surface area contributed by atoms with Gasteiger partial charge in [0.1, 0.15) is 5.84 Å². The van der Waals surface area contributed by atoms with Gasteiger partial charge in [-0.25, -0.2) is 0 Å². The highest BCUT2D eigenvalue weighted by molar-refractivity contribution is 5.99. The second kappa shape index (κ2) is 2.45. The lowest BCUT2D eigenvalue weighted by atomic mass is 10.0. The Kier molecular flexibility index (Phi) is 1.79. The number of rotatable bonds is 1. The Labute approximate surface area is 61.8 Å². The summed E-state index contributed by atoms with van der Waals surface area (Å²) in [5, 5.41) is 0. The smallest absolute Gasteiger partial charge is 0.121 e. The highest BCUT2D eigenvalue weighted by atomic mass is 14.9. The van der Waals surface area contributed by atoms with E-state index in [4.69, 9.17) is 5.73 Å². The lowest BCUT2D eigenvalue weighted by Gasteiger charge is -2.03. The van der Waals surface area contributed by atoms with Crippen molar-refractivity contribution in [3.8, 4) is 0 Å². The Morgan fingerprint density at radius 3 is 2.40 bits per heavy atom. The average Bonchev–Trinajstić information content (AvgIpc) is 2.09. The number of nitrogens with two attached hydrogens (primary N) is 1. The van der Waals surface area contributed by atoms with Gasteiger partial charge < -0.3 is 5.73 Å². The first-order valence-corrected chi connectivity index (χ1v) is 3.70. The molecule has 2 N–H and O–H groups in total. The second-order valence-corrected chi connectivity index (χ2v) is 2.69. The average molecular weight is 138 g/mol. The molecule has 1 aliphatic rings. The van der Waals surface area contributed by atoms with Gasteiger partial charge in [-0.3, -0.25) is 4.99 Å². The van der Waals surface area contributed by atoms with Crippen molar-refractivity contribution in [2.75, 3.05) is 0 Å². The molecule has 0 aromatic heterocycles. The minimum Gasteiger partial charge on any atom is -0.384 e. The molecule has 0 amide bonds. The molecule has 1 heterocycles. The molecule has 0 saturated heterocycles. The van der Waals surface area contributed by atoms with E-state index in [9.17, 15) is 0 Å². The van der Waals surface area contributed by atoms with Crippen molar-refractivity contribution in [3.05, 3.63) is 11.1 Å². The summed E-state index contributed by atoms with van der Waals surface area (Å²) in [6, 6.07) is 0.324. The van der Waals surface area contributed by atoms with Gasteiger partial charge >= 0.3 is 0 Å². The van der Waals surface area contributed by atoms with Gasteiger partial charge in [0, 0.05) is 0 Å². The zero-order chi connectivity index (χ0) is 7.72. The standard InChI is InChI=1S/C8H14N2/c1-4-7-5(2)8(9)10-6(7)3/h6H,4H2,1-3H3,(H2,9,10). The van der Waals surface area contributed by atoms with E-state index >= 15 is 0 Å². The molecule has 1 atom stereocenters.